The lowest BCUT2D eigenvalue weighted by Gasteiger charge is -2.07. The van der Waals surface area contributed by atoms with Crippen LogP contribution in [0.3, 0.4) is 0 Å². The van der Waals surface area contributed by atoms with Gasteiger partial charge in [-0.25, -0.2) is 19.4 Å². The van der Waals surface area contributed by atoms with Crippen molar-refractivity contribution in [3.63, 3.8) is 0 Å². The number of carbonyl (C=O) groups is 1. The van der Waals surface area contributed by atoms with E-state index < -0.39 is 5.97 Å². The fourth-order valence-corrected chi connectivity index (χ4v) is 2.07. The first kappa shape index (κ1) is 13.0. The van der Waals surface area contributed by atoms with Crippen LogP contribution < -0.4 is 0 Å². The number of hydrogen-bond acceptors (Lipinski definition) is 5. The van der Waals surface area contributed by atoms with E-state index in [1.807, 2.05) is 17.8 Å². The minimum Gasteiger partial charge on any atom is -0.476 e. The SMILES string of the molecule is Cn1ccnc1Cn1nnc(C(=O)O)c1-c1nccn1C. The Morgan fingerprint density at radius 3 is 2.48 bits per heavy atom. The van der Waals surface area contributed by atoms with Gasteiger partial charge in [0.2, 0.25) is 5.69 Å². The molecule has 0 aliphatic heterocycles. The Morgan fingerprint density at radius 1 is 1.19 bits per heavy atom. The Morgan fingerprint density at radius 2 is 1.90 bits per heavy atom. The molecule has 3 heterocycles. The van der Waals surface area contributed by atoms with Crippen LogP contribution in [0.25, 0.3) is 11.5 Å². The average molecular weight is 287 g/mol. The standard InChI is InChI=1S/C12H13N7O2/c1-17-5-3-13-8(17)7-19-10(9(12(20)21)15-16-19)11-14-4-6-18(11)2/h3-6H,7H2,1-2H3,(H,20,21). The van der Waals surface area contributed by atoms with E-state index in [-0.39, 0.29) is 5.69 Å². The zero-order valence-electron chi connectivity index (χ0n) is 11.5. The topological polar surface area (TPSA) is 104 Å². The van der Waals surface area contributed by atoms with Gasteiger partial charge in [0.05, 0.1) is 0 Å². The van der Waals surface area contributed by atoms with E-state index in [0.29, 0.717) is 18.1 Å². The number of carboxylic acids is 1. The number of imidazole rings is 2. The summed E-state index contributed by atoms with van der Waals surface area (Å²) in [6.07, 6.45) is 6.81. The minimum absolute atomic E-state index is 0.126. The van der Waals surface area contributed by atoms with Crippen LogP contribution in [-0.4, -0.2) is 45.2 Å². The summed E-state index contributed by atoms with van der Waals surface area (Å²) in [7, 11) is 3.64. The highest BCUT2D eigenvalue weighted by Gasteiger charge is 2.24. The zero-order valence-corrected chi connectivity index (χ0v) is 11.5. The number of aromatic nitrogens is 7. The van der Waals surface area contributed by atoms with Crippen LogP contribution in [0, 0.1) is 0 Å². The summed E-state index contributed by atoms with van der Waals surface area (Å²) in [5, 5.41) is 17.0. The van der Waals surface area contributed by atoms with Gasteiger partial charge < -0.3 is 14.2 Å². The molecule has 0 bridgehead atoms. The number of aromatic carboxylic acids is 1. The molecule has 0 aliphatic carbocycles. The van der Waals surface area contributed by atoms with Crippen molar-refractivity contribution in [3.8, 4) is 11.5 Å². The van der Waals surface area contributed by atoms with Crippen molar-refractivity contribution in [1.82, 2.24) is 34.1 Å². The van der Waals surface area contributed by atoms with Crippen LogP contribution in [0.2, 0.25) is 0 Å². The number of nitrogens with zero attached hydrogens (tertiary/aromatic N) is 7. The molecular weight excluding hydrogens is 274 g/mol. The second-order valence-electron chi connectivity index (χ2n) is 4.57. The predicted octanol–water partition coefficient (Wildman–Crippen LogP) is 0.159. The third-order valence-electron chi connectivity index (χ3n) is 3.18. The zero-order chi connectivity index (χ0) is 15.0. The quantitative estimate of drug-likeness (QED) is 0.733. The van der Waals surface area contributed by atoms with E-state index in [1.54, 1.807) is 30.2 Å². The third-order valence-corrected chi connectivity index (χ3v) is 3.18. The lowest BCUT2D eigenvalue weighted by atomic mass is 10.3. The van der Waals surface area contributed by atoms with Crippen LogP contribution in [-0.2, 0) is 20.6 Å². The molecule has 3 aromatic rings. The number of rotatable bonds is 4. The number of carboxylic acid groups (broad SMARTS) is 1. The molecule has 0 aromatic carbocycles. The summed E-state index contributed by atoms with van der Waals surface area (Å²) in [5.41, 5.74) is 0.233. The molecule has 21 heavy (non-hydrogen) atoms. The van der Waals surface area contributed by atoms with Gasteiger partial charge in [0.15, 0.2) is 5.82 Å². The van der Waals surface area contributed by atoms with Gasteiger partial charge in [0, 0.05) is 38.9 Å². The Bertz CT molecular complexity index is 798. The monoisotopic (exact) mass is 287 g/mol. The Labute approximate surface area is 119 Å². The predicted molar refractivity (Wildman–Crippen MR) is 71.5 cm³/mol. The average Bonchev–Trinajstić information content (AvgIpc) is 3.12. The molecule has 0 aliphatic rings. The van der Waals surface area contributed by atoms with Gasteiger partial charge >= 0.3 is 5.97 Å². The first-order valence-electron chi connectivity index (χ1n) is 6.18. The van der Waals surface area contributed by atoms with Gasteiger partial charge in [0.1, 0.15) is 18.1 Å². The highest BCUT2D eigenvalue weighted by atomic mass is 16.4. The van der Waals surface area contributed by atoms with Crippen LogP contribution >= 0.6 is 0 Å². The molecule has 108 valence electrons. The highest BCUT2D eigenvalue weighted by molar-refractivity contribution is 5.91. The molecule has 0 atom stereocenters. The number of aryl methyl sites for hydroxylation is 2. The fourth-order valence-electron chi connectivity index (χ4n) is 2.07. The first-order valence-corrected chi connectivity index (χ1v) is 6.18. The Hall–Kier alpha value is -2.97. The molecule has 0 fully saturated rings. The van der Waals surface area contributed by atoms with Crippen molar-refractivity contribution in [2.45, 2.75) is 6.54 Å². The Kier molecular flexibility index (Phi) is 3.01. The van der Waals surface area contributed by atoms with Crippen LogP contribution in [0.15, 0.2) is 24.8 Å². The molecule has 0 amide bonds. The summed E-state index contributed by atoms with van der Waals surface area (Å²) in [6, 6.07) is 0. The number of hydrogen-bond donors (Lipinski definition) is 1. The van der Waals surface area contributed by atoms with Gasteiger partial charge in [-0.15, -0.1) is 5.10 Å². The highest BCUT2D eigenvalue weighted by Crippen LogP contribution is 2.20. The Balaban J connectivity index is 2.12. The molecule has 0 saturated carbocycles. The van der Waals surface area contributed by atoms with Gasteiger partial charge in [-0.2, -0.15) is 0 Å². The maximum Gasteiger partial charge on any atom is 0.358 e. The third kappa shape index (κ3) is 2.18. The summed E-state index contributed by atoms with van der Waals surface area (Å²) in [5.74, 6) is 0.0954. The van der Waals surface area contributed by atoms with E-state index >= 15 is 0 Å². The van der Waals surface area contributed by atoms with Gasteiger partial charge in [-0.3, -0.25) is 0 Å². The molecular formula is C12H13N7O2. The molecule has 0 radical (unpaired) electrons. The fraction of sp³-hybridized carbons (Fsp3) is 0.250. The lowest BCUT2D eigenvalue weighted by molar-refractivity contribution is 0.0691. The van der Waals surface area contributed by atoms with E-state index in [2.05, 4.69) is 20.3 Å². The summed E-state index contributed by atoms with van der Waals surface area (Å²) in [4.78, 5) is 19.7. The largest absolute Gasteiger partial charge is 0.476 e. The van der Waals surface area contributed by atoms with Gasteiger partial charge in [-0.05, 0) is 0 Å². The van der Waals surface area contributed by atoms with E-state index in [0.717, 1.165) is 5.82 Å². The summed E-state index contributed by atoms with van der Waals surface area (Å²) >= 11 is 0. The van der Waals surface area contributed by atoms with E-state index in [4.69, 9.17) is 0 Å². The first-order chi connectivity index (χ1) is 10.1. The van der Waals surface area contributed by atoms with E-state index in [1.165, 1.54) is 4.68 Å². The maximum absolute atomic E-state index is 11.3. The van der Waals surface area contributed by atoms with Crippen molar-refractivity contribution in [3.05, 3.63) is 36.3 Å². The van der Waals surface area contributed by atoms with Crippen LogP contribution in [0.4, 0.5) is 0 Å². The van der Waals surface area contributed by atoms with Crippen molar-refractivity contribution in [1.29, 1.82) is 0 Å². The molecule has 3 aromatic heterocycles. The van der Waals surface area contributed by atoms with Gasteiger partial charge in [-0.1, -0.05) is 5.21 Å². The molecule has 0 spiro atoms. The second kappa shape index (κ2) is 4.85. The molecule has 1 N–H and O–H groups in total. The maximum atomic E-state index is 11.3. The summed E-state index contributed by atoms with van der Waals surface area (Å²) < 4.78 is 5.05. The lowest BCUT2D eigenvalue weighted by Crippen LogP contribution is -2.11. The van der Waals surface area contributed by atoms with Crippen molar-refractivity contribution < 1.29 is 9.90 Å². The molecule has 0 unspecified atom stereocenters. The van der Waals surface area contributed by atoms with Crippen molar-refractivity contribution >= 4 is 5.97 Å². The summed E-state index contributed by atoms with van der Waals surface area (Å²) in [6.45, 7) is 0.311. The van der Waals surface area contributed by atoms with Crippen molar-refractivity contribution in [2.24, 2.45) is 14.1 Å². The van der Waals surface area contributed by atoms with Crippen LogP contribution in [0.5, 0.6) is 0 Å². The van der Waals surface area contributed by atoms with E-state index in [9.17, 15) is 9.90 Å². The molecule has 9 nitrogen and oxygen atoms in total. The normalized spacial score (nSPS) is 11.0. The molecule has 9 heteroatoms. The van der Waals surface area contributed by atoms with Crippen LogP contribution in [0.1, 0.15) is 16.3 Å². The smallest absolute Gasteiger partial charge is 0.358 e. The van der Waals surface area contributed by atoms with Crippen molar-refractivity contribution in [2.75, 3.05) is 0 Å². The molecule has 3 rings (SSSR count). The van der Waals surface area contributed by atoms with Gasteiger partial charge in [0.25, 0.3) is 0 Å². The second-order valence-corrected chi connectivity index (χ2v) is 4.57. The minimum atomic E-state index is -1.14. The molecule has 0 saturated heterocycles.